The Kier molecular flexibility index (Phi) is 2.61. The number of aromatic nitrogens is 2. The number of hydrogen-bond donors (Lipinski definition) is 0. The molecule has 18 heavy (non-hydrogen) atoms. The third-order valence-corrected chi connectivity index (χ3v) is 3.44. The second-order valence-electron chi connectivity index (χ2n) is 5.01. The molecule has 1 aliphatic carbocycles. The minimum Gasteiger partial charge on any atom is -0.465 e. The molecule has 0 aliphatic heterocycles. The minimum absolute atomic E-state index is 0.309. The highest BCUT2D eigenvalue weighted by atomic mass is 16.5. The fourth-order valence-electron chi connectivity index (χ4n) is 2.24. The van der Waals surface area contributed by atoms with Crippen LogP contribution in [0.25, 0.3) is 10.9 Å². The van der Waals surface area contributed by atoms with E-state index >= 15 is 0 Å². The molecule has 2 aromatic rings. The van der Waals surface area contributed by atoms with E-state index in [9.17, 15) is 4.79 Å². The summed E-state index contributed by atoms with van der Waals surface area (Å²) in [5.41, 5.74) is 2.50. The normalized spacial score (nSPS) is 14.9. The van der Waals surface area contributed by atoms with Crippen LogP contribution >= 0.6 is 0 Å². The van der Waals surface area contributed by atoms with Gasteiger partial charge in [0.15, 0.2) is 0 Å². The molecule has 0 saturated heterocycles. The van der Waals surface area contributed by atoms with Gasteiger partial charge >= 0.3 is 5.97 Å². The predicted octanol–water partition coefficient (Wildman–Crippen LogP) is 0.491. The first-order valence-electron chi connectivity index (χ1n) is 6.23. The lowest BCUT2D eigenvalue weighted by molar-refractivity contribution is 0.0601. The number of nitrogens with zero attached hydrogens (tertiary/aromatic N) is 2. The van der Waals surface area contributed by atoms with Crippen molar-refractivity contribution in [3.05, 3.63) is 23.9 Å². The van der Waals surface area contributed by atoms with Crippen LogP contribution in [0, 0.1) is 5.92 Å². The van der Waals surface area contributed by atoms with Crippen molar-refractivity contribution in [3.8, 4) is 0 Å². The van der Waals surface area contributed by atoms with E-state index in [2.05, 4.69) is 11.3 Å². The summed E-state index contributed by atoms with van der Waals surface area (Å²) in [5, 5.41) is 5.65. The minimum atomic E-state index is -0.309. The van der Waals surface area contributed by atoms with Gasteiger partial charge in [-0.2, -0.15) is 5.10 Å². The summed E-state index contributed by atoms with van der Waals surface area (Å²) in [7, 11) is 3.39. The number of fused-ring (bicyclic) bond motifs is 1. The number of carbonyl (C=O) groups excluding carboxylic acids is 1. The molecule has 0 unspecified atom stereocenters. The fourth-order valence-corrected chi connectivity index (χ4v) is 2.24. The molecule has 5 heteroatoms. The average molecular weight is 242 g/mol. The van der Waals surface area contributed by atoms with Crippen LogP contribution in [0.3, 0.4) is 0 Å². The highest BCUT2D eigenvalue weighted by Crippen LogP contribution is 2.30. The highest BCUT2D eigenvalue weighted by Gasteiger charge is 2.22. The smallest absolute Gasteiger partial charge is 0.337 e. The summed E-state index contributed by atoms with van der Waals surface area (Å²) in [6, 6.07) is 3.66. The summed E-state index contributed by atoms with van der Waals surface area (Å²) in [4.78, 5) is 11.5. The maximum Gasteiger partial charge on any atom is 0.337 e. The molecule has 0 spiro atoms. The molecule has 3 rings (SSSR count). The Morgan fingerprint density at radius 1 is 1.56 bits per heavy atom. The van der Waals surface area contributed by atoms with Crippen molar-refractivity contribution < 1.29 is 9.53 Å². The molecular weight excluding hydrogens is 227 g/mol. The van der Waals surface area contributed by atoms with Crippen LogP contribution in [0.5, 0.6) is 0 Å². The molecule has 0 amide bonds. The SMILES string of the molecule is Bc1cc(C(=O)OC)cc2nn(CC3CC3)cc12. The first kappa shape index (κ1) is 11.3. The van der Waals surface area contributed by atoms with Crippen LogP contribution in [0.4, 0.5) is 0 Å². The average Bonchev–Trinajstić information content (AvgIpc) is 3.06. The number of hydrogen-bond acceptors (Lipinski definition) is 3. The van der Waals surface area contributed by atoms with E-state index in [1.807, 2.05) is 18.6 Å². The standard InChI is InChI=1S/C13H15BN2O2/c1-18-13(17)9-4-11(14)10-7-16(6-8-2-3-8)15-12(10)5-9/h4-5,7-8H,2-3,6,14H2,1H3. The Morgan fingerprint density at radius 2 is 2.33 bits per heavy atom. The van der Waals surface area contributed by atoms with E-state index in [0.29, 0.717) is 5.56 Å². The van der Waals surface area contributed by atoms with Gasteiger partial charge in [-0.05, 0) is 24.8 Å². The van der Waals surface area contributed by atoms with E-state index < -0.39 is 0 Å². The number of methoxy groups -OCH3 is 1. The van der Waals surface area contributed by atoms with Crippen LogP contribution in [0.2, 0.25) is 0 Å². The molecule has 0 atom stereocenters. The maximum atomic E-state index is 11.5. The molecule has 1 fully saturated rings. The molecule has 1 heterocycles. The largest absolute Gasteiger partial charge is 0.465 e. The van der Waals surface area contributed by atoms with Crippen molar-refractivity contribution >= 4 is 30.2 Å². The van der Waals surface area contributed by atoms with Crippen LogP contribution in [0.15, 0.2) is 18.3 Å². The number of esters is 1. The Morgan fingerprint density at radius 3 is 3.00 bits per heavy atom. The Labute approximate surface area is 106 Å². The van der Waals surface area contributed by atoms with Gasteiger partial charge in [0.2, 0.25) is 0 Å². The molecule has 1 aromatic carbocycles. The van der Waals surface area contributed by atoms with Gasteiger partial charge in [0.25, 0.3) is 0 Å². The van der Waals surface area contributed by atoms with Gasteiger partial charge in [0.05, 0.1) is 18.2 Å². The second-order valence-corrected chi connectivity index (χ2v) is 5.01. The van der Waals surface area contributed by atoms with E-state index in [0.717, 1.165) is 28.8 Å². The number of rotatable bonds is 3. The highest BCUT2D eigenvalue weighted by molar-refractivity contribution is 6.39. The topological polar surface area (TPSA) is 44.1 Å². The van der Waals surface area contributed by atoms with E-state index in [1.54, 1.807) is 6.07 Å². The Bertz CT molecular complexity index is 617. The van der Waals surface area contributed by atoms with Crippen LogP contribution in [-0.4, -0.2) is 30.7 Å². The van der Waals surface area contributed by atoms with Gasteiger partial charge in [0.1, 0.15) is 7.85 Å². The monoisotopic (exact) mass is 242 g/mol. The zero-order valence-electron chi connectivity index (χ0n) is 10.6. The molecule has 0 bridgehead atoms. The zero-order valence-corrected chi connectivity index (χ0v) is 10.6. The van der Waals surface area contributed by atoms with Crippen LogP contribution in [-0.2, 0) is 11.3 Å². The van der Waals surface area contributed by atoms with Gasteiger partial charge in [-0.25, -0.2) is 4.79 Å². The van der Waals surface area contributed by atoms with Crippen molar-refractivity contribution in [1.29, 1.82) is 0 Å². The summed E-state index contributed by atoms with van der Waals surface area (Å²) in [5.74, 6) is 0.483. The first-order valence-corrected chi connectivity index (χ1v) is 6.23. The molecule has 4 nitrogen and oxygen atoms in total. The number of ether oxygens (including phenoxy) is 1. The maximum absolute atomic E-state index is 11.5. The summed E-state index contributed by atoms with van der Waals surface area (Å²) >= 11 is 0. The fraction of sp³-hybridized carbons (Fsp3) is 0.385. The summed E-state index contributed by atoms with van der Waals surface area (Å²) < 4.78 is 6.74. The van der Waals surface area contributed by atoms with E-state index in [1.165, 1.54) is 20.0 Å². The molecule has 1 aliphatic rings. The molecule has 92 valence electrons. The van der Waals surface area contributed by atoms with Gasteiger partial charge < -0.3 is 4.74 Å². The van der Waals surface area contributed by atoms with E-state index in [4.69, 9.17) is 4.74 Å². The lowest BCUT2D eigenvalue weighted by Gasteiger charge is -2.01. The van der Waals surface area contributed by atoms with Gasteiger partial charge in [-0.15, -0.1) is 0 Å². The zero-order chi connectivity index (χ0) is 12.7. The quantitative estimate of drug-likeness (QED) is 0.581. The molecule has 0 N–H and O–H groups in total. The summed E-state index contributed by atoms with van der Waals surface area (Å²) in [6.45, 7) is 0.988. The van der Waals surface area contributed by atoms with Crippen molar-refractivity contribution in [3.63, 3.8) is 0 Å². The Hall–Kier alpha value is -1.78. The lowest BCUT2D eigenvalue weighted by Crippen LogP contribution is -2.09. The Balaban J connectivity index is 2.02. The lowest BCUT2D eigenvalue weighted by atomic mass is 9.91. The number of benzene rings is 1. The van der Waals surface area contributed by atoms with Crippen LogP contribution < -0.4 is 5.46 Å². The van der Waals surface area contributed by atoms with Crippen LogP contribution in [0.1, 0.15) is 23.2 Å². The molecule has 1 saturated carbocycles. The van der Waals surface area contributed by atoms with Crippen molar-refractivity contribution in [2.45, 2.75) is 19.4 Å². The van der Waals surface area contributed by atoms with Gasteiger partial charge in [-0.1, -0.05) is 11.5 Å². The van der Waals surface area contributed by atoms with Crippen molar-refractivity contribution in [1.82, 2.24) is 9.78 Å². The third-order valence-electron chi connectivity index (χ3n) is 3.44. The number of carbonyl (C=O) groups is 1. The molecule has 1 aromatic heterocycles. The predicted molar refractivity (Wildman–Crippen MR) is 72.0 cm³/mol. The first-order chi connectivity index (χ1) is 8.67. The molecular formula is C13H15BN2O2. The third kappa shape index (κ3) is 2.01. The molecule has 0 radical (unpaired) electrons. The summed E-state index contributed by atoms with van der Waals surface area (Å²) in [6.07, 6.45) is 4.69. The van der Waals surface area contributed by atoms with Crippen molar-refractivity contribution in [2.24, 2.45) is 5.92 Å². The second kappa shape index (κ2) is 4.16. The van der Waals surface area contributed by atoms with Gasteiger partial charge in [-0.3, -0.25) is 4.68 Å². The van der Waals surface area contributed by atoms with E-state index in [-0.39, 0.29) is 5.97 Å². The van der Waals surface area contributed by atoms with Gasteiger partial charge in [0, 0.05) is 18.1 Å². The van der Waals surface area contributed by atoms with Crippen molar-refractivity contribution in [2.75, 3.05) is 7.11 Å².